The lowest BCUT2D eigenvalue weighted by Crippen LogP contribution is -2.35. The summed E-state index contributed by atoms with van der Waals surface area (Å²) < 4.78 is 0. The fourth-order valence-corrected chi connectivity index (χ4v) is 2.21. The van der Waals surface area contributed by atoms with Crippen LogP contribution >= 0.6 is 0 Å². The van der Waals surface area contributed by atoms with E-state index in [4.69, 9.17) is 5.11 Å². The molecule has 1 unspecified atom stereocenters. The zero-order valence-corrected chi connectivity index (χ0v) is 11.4. The first-order valence-electron chi connectivity index (χ1n) is 6.41. The Kier molecular flexibility index (Phi) is 3.34. The Morgan fingerprint density at radius 2 is 2.21 bits per heavy atom. The fourth-order valence-electron chi connectivity index (χ4n) is 2.21. The molecule has 0 spiro atoms. The number of carboxylic acid groups (broad SMARTS) is 1. The monoisotopic (exact) mass is 265 g/mol. The van der Waals surface area contributed by atoms with E-state index in [-0.39, 0.29) is 18.4 Å². The minimum atomic E-state index is -0.854. The van der Waals surface area contributed by atoms with E-state index in [1.54, 1.807) is 17.9 Å². The van der Waals surface area contributed by atoms with Gasteiger partial charge in [0.2, 0.25) is 0 Å². The second-order valence-corrected chi connectivity index (χ2v) is 5.71. The average Bonchev–Trinajstić information content (AvgIpc) is 2.95. The van der Waals surface area contributed by atoms with Crippen LogP contribution in [0.2, 0.25) is 0 Å². The predicted octanol–water partition coefficient (Wildman–Crippen LogP) is 1.47. The highest BCUT2D eigenvalue weighted by molar-refractivity contribution is 5.93. The van der Waals surface area contributed by atoms with Crippen LogP contribution in [0.25, 0.3) is 0 Å². The smallest absolute Gasteiger partial charge is 0.311 e. The molecule has 1 saturated heterocycles. The van der Waals surface area contributed by atoms with Crippen LogP contribution < -0.4 is 0 Å². The van der Waals surface area contributed by atoms with Crippen LogP contribution in [0.3, 0.4) is 0 Å². The van der Waals surface area contributed by atoms with Gasteiger partial charge < -0.3 is 10.0 Å². The summed E-state index contributed by atoms with van der Waals surface area (Å²) in [5, 5.41) is 16.0. The van der Waals surface area contributed by atoms with Gasteiger partial charge in [0.15, 0.2) is 0 Å². The number of carbonyl (C=O) groups is 2. The Balaban J connectivity index is 2.11. The summed E-state index contributed by atoms with van der Waals surface area (Å²) in [4.78, 5) is 25.0. The molecule has 2 heterocycles. The van der Waals surface area contributed by atoms with E-state index in [0.29, 0.717) is 18.7 Å². The number of H-pyrrole nitrogens is 1. The maximum atomic E-state index is 12.2. The molecular weight excluding hydrogens is 246 g/mol. The van der Waals surface area contributed by atoms with E-state index >= 15 is 0 Å². The standard InChI is InChI=1S/C13H19N3O3/c1-8(2)9-6-10(15-14-9)11(17)16-5-4-13(3,7-16)12(18)19/h6,8H,4-5,7H2,1-3H3,(H,14,15)(H,18,19). The van der Waals surface area contributed by atoms with Gasteiger partial charge in [-0.3, -0.25) is 14.7 Å². The number of carbonyl (C=O) groups excluding carboxylic acids is 1. The van der Waals surface area contributed by atoms with Gasteiger partial charge in [-0.1, -0.05) is 13.8 Å². The first kappa shape index (κ1) is 13.6. The molecule has 0 bridgehead atoms. The molecule has 1 amide bonds. The number of likely N-dealkylation sites (tertiary alicyclic amines) is 1. The summed E-state index contributed by atoms with van der Waals surface area (Å²) in [7, 11) is 0. The lowest BCUT2D eigenvalue weighted by molar-refractivity contribution is -0.147. The largest absolute Gasteiger partial charge is 0.481 e. The molecule has 6 heteroatoms. The molecule has 2 rings (SSSR count). The number of rotatable bonds is 3. The van der Waals surface area contributed by atoms with E-state index in [2.05, 4.69) is 10.2 Å². The zero-order chi connectivity index (χ0) is 14.2. The summed E-state index contributed by atoms with van der Waals surface area (Å²) in [5.74, 6) is -0.780. The third-order valence-electron chi connectivity index (χ3n) is 3.72. The van der Waals surface area contributed by atoms with Gasteiger partial charge in [0.25, 0.3) is 5.91 Å². The van der Waals surface area contributed by atoms with Crippen molar-refractivity contribution in [1.29, 1.82) is 0 Å². The molecule has 1 atom stereocenters. The van der Waals surface area contributed by atoms with E-state index < -0.39 is 11.4 Å². The SMILES string of the molecule is CC(C)c1cc(C(=O)N2CCC(C)(C(=O)O)C2)n[nH]1. The number of amides is 1. The molecule has 0 radical (unpaired) electrons. The van der Waals surface area contributed by atoms with Crippen molar-refractivity contribution in [1.82, 2.24) is 15.1 Å². The molecule has 6 nitrogen and oxygen atoms in total. The molecular formula is C13H19N3O3. The Morgan fingerprint density at radius 3 is 2.68 bits per heavy atom. The Hall–Kier alpha value is -1.85. The highest BCUT2D eigenvalue weighted by Gasteiger charge is 2.42. The number of aromatic amines is 1. The normalized spacial score (nSPS) is 23.1. The predicted molar refractivity (Wildman–Crippen MR) is 68.9 cm³/mol. The summed E-state index contributed by atoms with van der Waals surface area (Å²) in [5.41, 5.74) is 0.425. The van der Waals surface area contributed by atoms with Crippen LogP contribution in [0, 0.1) is 5.41 Å². The number of hydrogen-bond donors (Lipinski definition) is 2. The van der Waals surface area contributed by atoms with Crippen LogP contribution in [0.1, 0.15) is 49.3 Å². The van der Waals surface area contributed by atoms with E-state index in [1.807, 2.05) is 13.8 Å². The molecule has 104 valence electrons. The third kappa shape index (κ3) is 2.47. The summed E-state index contributed by atoms with van der Waals surface area (Å²) in [6.45, 7) is 6.40. The highest BCUT2D eigenvalue weighted by Crippen LogP contribution is 2.31. The van der Waals surface area contributed by atoms with Gasteiger partial charge in [0.05, 0.1) is 5.41 Å². The number of aromatic nitrogens is 2. The molecule has 19 heavy (non-hydrogen) atoms. The van der Waals surface area contributed by atoms with Gasteiger partial charge in [-0.15, -0.1) is 0 Å². The van der Waals surface area contributed by atoms with Crippen LogP contribution in [-0.2, 0) is 4.79 Å². The molecule has 1 aliphatic rings. The van der Waals surface area contributed by atoms with Crippen molar-refractivity contribution in [3.05, 3.63) is 17.5 Å². The van der Waals surface area contributed by atoms with Crippen molar-refractivity contribution in [3.63, 3.8) is 0 Å². The topological polar surface area (TPSA) is 86.3 Å². The van der Waals surface area contributed by atoms with Crippen molar-refractivity contribution in [2.45, 2.75) is 33.1 Å². The summed E-state index contributed by atoms with van der Waals surface area (Å²) in [6, 6.07) is 1.74. The van der Waals surface area contributed by atoms with Crippen molar-refractivity contribution >= 4 is 11.9 Å². The molecule has 1 aliphatic heterocycles. The maximum absolute atomic E-state index is 12.2. The van der Waals surface area contributed by atoms with Gasteiger partial charge in [0, 0.05) is 18.8 Å². The number of hydrogen-bond acceptors (Lipinski definition) is 3. The fraction of sp³-hybridized carbons (Fsp3) is 0.615. The van der Waals surface area contributed by atoms with Crippen molar-refractivity contribution in [2.24, 2.45) is 5.41 Å². The van der Waals surface area contributed by atoms with Crippen molar-refractivity contribution < 1.29 is 14.7 Å². The summed E-state index contributed by atoms with van der Waals surface area (Å²) >= 11 is 0. The lowest BCUT2D eigenvalue weighted by atomic mass is 9.90. The first-order valence-corrected chi connectivity index (χ1v) is 6.41. The minimum Gasteiger partial charge on any atom is -0.481 e. The second kappa shape index (κ2) is 4.68. The van der Waals surface area contributed by atoms with Crippen LogP contribution in [0.15, 0.2) is 6.07 Å². The molecule has 1 aromatic rings. The maximum Gasteiger partial charge on any atom is 0.311 e. The zero-order valence-electron chi connectivity index (χ0n) is 11.4. The van der Waals surface area contributed by atoms with Gasteiger partial charge in [-0.25, -0.2) is 0 Å². The van der Waals surface area contributed by atoms with Crippen molar-refractivity contribution in [2.75, 3.05) is 13.1 Å². The van der Waals surface area contributed by atoms with Crippen LogP contribution in [0.4, 0.5) is 0 Å². The molecule has 0 aliphatic carbocycles. The molecule has 1 fully saturated rings. The first-order chi connectivity index (χ1) is 8.83. The van der Waals surface area contributed by atoms with E-state index in [9.17, 15) is 9.59 Å². The number of carboxylic acids is 1. The number of nitrogens with zero attached hydrogens (tertiary/aromatic N) is 2. The van der Waals surface area contributed by atoms with Gasteiger partial charge >= 0.3 is 5.97 Å². The van der Waals surface area contributed by atoms with Gasteiger partial charge in [0.1, 0.15) is 5.69 Å². The Bertz CT molecular complexity index is 509. The van der Waals surface area contributed by atoms with Crippen LogP contribution in [-0.4, -0.2) is 45.2 Å². The van der Waals surface area contributed by atoms with Gasteiger partial charge in [-0.2, -0.15) is 5.10 Å². The van der Waals surface area contributed by atoms with Gasteiger partial charge in [-0.05, 0) is 25.3 Å². The highest BCUT2D eigenvalue weighted by atomic mass is 16.4. The second-order valence-electron chi connectivity index (χ2n) is 5.71. The molecule has 2 N–H and O–H groups in total. The van der Waals surface area contributed by atoms with Crippen molar-refractivity contribution in [3.8, 4) is 0 Å². The number of nitrogens with one attached hydrogen (secondary N) is 1. The summed E-state index contributed by atoms with van der Waals surface area (Å²) in [6.07, 6.45) is 0.482. The molecule has 0 saturated carbocycles. The van der Waals surface area contributed by atoms with Crippen LogP contribution in [0.5, 0.6) is 0 Å². The molecule has 1 aromatic heterocycles. The Labute approximate surface area is 111 Å². The van der Waals surface area contributed by atoms with E-state index in [0.717, 1.165) is 5.69 Å². The van der Waals surface area contributed by atoms with E-state index in [1.165, 1.54) is 0 Å². The quantitative estimate of drug-likeness (QED) is 0.866. The lowest BCUT2D eigenvalue weighted by Gasteiger charge is -2.19. The number of aliphatic carboxylic acids is 1. The third-order valence-corrected chi connectivity index (χ3v) is 3.72. The Morgan fingerprint density at radius 1 is 1.53 bits per heavy atom. The minimum absolute atomic E-state index is 0.201. The molecule has 0 aromatic carbocycles. The average molecular weight is 265 g/mol.